The summed E-state index contributed by atoms with van der Waals surface area (Å²) < 4.78 is 28.1. The highest BCUT2D eigenvalue weighted by Gasteiger charge is 2.22. The van der Waals surface area contributed by atoms with Gasteiger partial charge >= 0.3 is 0 Å². The number of nitrogens with zero attached hydrogens (tertiary/aromatic N) is 1. The molecule has 0 bridgehead atoms. The highest BCUT2D eigenvalue weighted by molar-refractivity contribution is 7.69. The second kappa shape index (κ2) is 13.4. The second-order valence-electron chi connectivity index (χ2n) is 6.81. The van der Waals surface area contributed by atoms with Crippen LogP contribution in [0.5, 0.6) is 11.5 Å². The van der Waals surface area contributed by atoms with Gasteiger partial charge in [0.25, 0.3) is 0 Å². The van der Waals surface area contributed by atoms with Gasteiger partial charge in [-0.05, 0) is 61.2 Å². The fourth-order valence-corrected chi connectivity index (χ4v) is 3.50. The van der Waals surface area contributed by atoms with E-state index in [-0.39, 0.29) is 12.4 Å². The molecule has 0 spiro atoms. The molecule has 2 N–H and O–H groups in total. The number of benzene rings is 2. The first-order valence-electron chi connectivity index (χ1n) is 9.41. The predicted molar refractivity (Wildman–Crippen MR) is 119 cm³/mol. The van der Waals surface area contributed by atoms with E-state index < -0.39 is 10.9 Å². The zero-order valence-electron chi connectivity index (χ0n) is 17.0. The van der Waals surface area contributed by atoms with Gasteiger partial charge in [-0.1, -0.05) is 30.7 Å². The van der Waals surface area contributed by atoms with Crippen molar-refractivity contribution in [2.24, 2.45) is 5.14 Å². The van der Waals surface area contributed by atoms with Crippen LogP contribution in [-0.4, -0.2) is 40.1 Å². The molecule has 0 saturated carbocycles. The van der Waals surface area contributed by atoms with Crippen LogP contribution in [0.15, 0.2) is 48.5 Å². The molecule has 2 aromatic rings. The average molecular weight is 443 g/mol. The van der Waals surface area contributed by atoms with Gasteiger partial charge in [0.05, 0.1) is 14.2 Å². The Morgan fingerprint density at radius 1 is 0.931 bits per heavy atom. The number of nitrogens with two attached hydrogens (primary N) is 1. The minimum Gasteiger partial charge on any atom is -0.497 e. The number of halogens is 1. The van der Waals surface area contributed by atoms with Crippen LogP contribution in [0.3, 0.4) is 0 Å². The first-order chi connectivity index (χ1) is 13.5. The molecule has 3 rings (SSSR count). The van der Waals surface area contributed by atoms with Crippen LogP contribution < -0.4 is 14.6 Å². The van der Waals surface area contributed by atoms with Crippen LogP contribution in [0.2, 0.25) is 0 Å². The van der Waals surface area contributed by atoms with E-state index in [2.05, 4.69) is 58.6 Å². The van der Waals surface area contributed by atoms with Crippen LogP contribution >= 0.6 is 12.4 Å². The number of thiol groups is 1. The van der Waals surface area contributed by atoms with Gasteiger partial charge in [0.15, 0.2) is 10.9 Å². The molecule has 0 aliphatic carbocycles. The van der Waals surface area contributed by atoms with Gasteiger partial charge in [0, 0.05) is 12.6 Å². The number of hydrogen-bond donors (Lipinski definition) is 2. The van der Waals surface area contributed by atoms with E-state index in [1.54, 1.807) is 14.2 Å². The maximum absolute atomic E-state index is 8.81. The maximum Gasteiger partial charge on any atom is 0.198 e. The highest BCUT2D eigenvalue weighted by Crippen LogP contribution is 2.24. The fraction of sp³-hybridized carbons (Fsp3) is 0.429. The molecular formula is C21H31ClN2O4S. The monoisotopic (exact) mass is 442 g/mol. The molecule has 1 aliphatic rings. The molecule has 29 heavy (non-hydrogen) atoms. The summed E-state index contributed by atoms with van der Waals surface area (Å²) in [5.74, 6) is 1.85. The maximum atomic E-state index is 8.81. The summed E-state index contributed by atoms with van der Waals surface area (Å²) >= 11 is 0. The molecule has 8 heteroatoms. The number of ether oxygens (including phenoxy) is 2. The SMILES string of the molecule is COc1ccc(CC2CCCCN2Cc2ccc(OC)cc2)cc1.Cl.N[SH](=O)=O. The van der Waals surface area contributed by atoms with Gasteiger partial charge < -0.3 is 9.47 Å². The van der Waals surface area contributed by atoms with E-state index in [1.165, 1.54) is 36.9 Å². The van der Waals surface area contributed by atoms with Crippen molar-refractivity contribution in [1.29, 1.82) is 0 Å². The molecule has 1 unspecified atom stereocenters. The van der Waals surface area contributed by atoms with Gasteiger partial charge in [-0.2, -0.15) is 0 Å². The zero-order valence-corrected chi connectivity index (χ0v) is 18.7. The minimum atomic E-state index is -2.62. The van der Waals surface area contributed by atoms with Gasteiger partial charge in [-0.25, -0.2) is 13.6 Å². The lowest BCUT2D eigenvalue weighted by Gasteiger charge is -2.36. The van der Waals surface area contributed by atoms with Crippen molar-refractivity contribution in [3.8, 4) is 11.5 Å². The Morgan fingerprint density at radius 2 is 1.41 bits per heavy atom. The molecule has 1 fully saturated rings. The second-order valence-corrected chi connectivity index (χ2v) is 7.38. The van der Waals surface area contributed by atoms with Gasteiger partial charge in [0.2, 0.25) is 0 Å². The normalized spacial score (nSPS) is 16.3. The van der Waals surface area contributed by atoms with E-state index in [4.69, 9.17) is 17.9 Å². The Labute approximate surface area is 181 Å². The van der Waals surface area contributed by atoms with Crippen molar-refractivity contribution in [3.05, 3.63) is 59.7 Å². The van der Waals surface area contributed by atoms with Crippen LogP contribution in [-0.2, 0) is 23.9 Å². The fourth-order valence-electron chi connectivity index (χ4n) is 3.50. The van der Waals surface area contributed by atoms with Crippen LogP contribution in [0.1, 0.15) is 30.4 Å². The quantitative estimate of drug-likeness (QED) is 0.671. The number of likely N-dealkylation sites (tertiary alicyclic amines) is 1. The van der Waals surface area contributed by atoms with Crippen molar-refractivity contribution in [2.75, 3.05) is 20.8 Å². The molecule has 2 aromatic carbocycles. The first-order valence-corrected chi connectivity index (χ1v) is 10.7. The van der Waals surface area contributed by atoms with E-state index in [0.29, 0.717) is 6.04 Å². The van der Waals surface area contributed by atoms with E-state index in [1.807, 2.05) is 0 Å². The Hall–Kier alpha value is -1.80. The third kappa shape index (κ3) is 9.04. The standard InChI is InChI=1S/C21H27NO2.ClH.H3NO2S/c1-23-20-10-6-17(7-11-20)15-19-5-3-4-14-22(19)16-18-8-12-21(24-2)13-9-18;;1-4(2)3/h6-13,19H,3-5,14-16H2,1-2H3;1H;4H,(H2,1,2,3). The molecule has 1 heterocycles. The van der Waals surface area contributed by atoms with E-state index in [0.717, 1.165) is 24.5 Å². The van der Waals surface area contributed by atoms with Gasteiger partial charge in [0.1, 0.15) is 11.5 Å². The molecule has 0 radical (unpaired) electrons. The number of methoxy groups -OCH3 is 2. The Morgan fingerprint density at radius 3 is 1.90 bits per heavy atom. The summed E-state index contributed by atoms with van der Waals surface area (Å²) in [4.78, 5) is 2.63. The summed E-state index contributed by atoms with van der Waals surface area (Å²) in [5.41, 5.74) is 2.75. The summed E-state index contributed by atoms with van der Waals surface area (Å²) in [6.45, 7) is 2.21. The zero-order chi connectivity index (χ0) is 20.4. The average Bonchev–Trinajstić information content (AvgIpc) is 2.70. The predicted octanol–water partition coefficient (Wildman–Crippen LogP) is 3.19. The molecule has 6 nitrogen and oxygen atoms in total. The van der Waals surface area contributed by atoms with Crippen molar-refractivity contribution in [2.45, 2.75) is 38.3 Å². The lowest BCUT2D eigenvalue weighted by molar-refractivity contribution is 0.139. The Balaban J connectivity index is 0.000000771. The van der Waals surface area contributed by atoms with Crippen molar-refractivity contribution in [3.63, 3.8) is 0 Å². The highest BCUT2D eigenvalue weighted by atomic mass is 35.5. The van der Waals surface area contributed by atoms with Crippen LogP contribution in [0.4, 0.5) is 0 Å². The molecule has 1 saturated heterocycles. The topological polar surface area (TPSA) is 81.9 Å². The van der Waals surface area contributed by atoms with Crippen LogP contribution in [0.25, 0.3) is 0 Å². The van der Waals surface area contributed by atoms with Crippen molar-refractivity contribution < 1.29 is 17.9 Å². The number of rotatable bonds is 6. The molecule has 0 aromatic heterocycles. The molecule has 0 amide bonds. The lowest BCUT2D eigenvalue weighted by atomic mass is 9.95. The minimum absolute atomic E-state index is 0. The summed E-state index contributed by atoms with van der Waals surface area (Å²) in [7, 11) is 0.807. The number of piperidine rings is 1. The van der Waals surface area contributed by atoms with Crippen LogP contribution in [0, 0.1) is 0 Å². The molecule has 1 atom stereocenters. The van der Waals surface area contributed by atoms with Gasteiger partial charge in [-0.15, -0.1) is 12.4 Å². The number of hydrogen-bond acceptors (Lipinski definition) is 5. The smallest absolute Gasteiger partial charge is 0.198 e. The van der Waals surface area contributed by atoms with E-state index >= 15 is 0 Å². The lowest BCUT2D eigenvalue weighted by Crippen LogP contribution is -2.40. The van der Waals surface area contributed by atoms with E-state index in [9.17, 15) is 0 Å². The Bertz CT molecular complexity index is 717. The third-order valence-corrected chi connectivity index (χ3v) is 4.92. The molecule has 162 valence electrons. The Kier molecular flexibility index (Phi) is 11.7. The van der Waals surface area contributed by atoms with Crippen molar-refractivity contribution >= 4 is 23.3 Å². The first kappa shape index (κ1) is 25.2. The summed E-state index contributed by atoms with van der Waals surface area (Å²) in [5, 5.41) is 4.06. The summed E-state index contributed by atoms with van der Waals surface area (Å²) in [6.07, 6.45) is 5.03. The largest absolute Gasteiger partial charge is 0.497 e. The van der Waals surface area contributed by atoms with Gasteiger partial charge in [-0.3, -0.25) is 4.90 Å². The molecular weight excluding hydrogens is 412 g/mol. The molecule has 1 aliphatic heterocycles. The summed E-state index contributed by atoms with van der Waals surface area (Å²) in [6, 6.07) is 17.6. The third-order valence-electron chi connectivity index (χ3n) is 4.92. The van der Waals surface area contributed by atoms with Crippen molar-refractivity contribution in [1.82, 2.24) is 4.90 Å².